The van der Waals surface area contributed by atoms with Crippen LogP contribution in [0.15, 0.2) is 42.5 Å². The van der Waals surface area contributed by atoms with E-state index in [4.69, 9.17) is 14.5 Å². The highest BCUT2D eigenvalue weighted by molar-refractivity contribution is 7.22. The molecule has 2 aromatic carbocycles. The third-order valence-corrected chi connectivity index (χ3v) is 5.35. The zero-order valence-electron chi connectivity index (χ0n) is 17.5. The largest absolute Gasteiger partial charge is 0.494 e. The van der Waals surface area contributed by atoms with E-state index in [1.165, 1.54) is 11.3 Å². The van der Waals surface area contributed by atoms with Gasteiger partial charge in [0.25, 0.3) is 5.91 Å². The molecule has 0 bridgehead atoms. The van der Waals surface area contributed by atoms with Gasteiger partial charge in [-0.2, -0.15) is 0 Å². The number of fused-ring (bicyclic) bond motifs is 1. The van der Waals surface area contributed by atoms with Crippen LogP contribution in [-0.2, 0) is 0 Å². The van der Waals surface area contributed by atoms with E-state index in [1.807, 2.05) is 63.2 Å². The molecule has 0 unspecified atom stereocenters. The summed E-state index contributed by atoms with van der Waals surface area (Å²) in [6, 6.07) is 13.1. The zero-order chi connectivity index (χ0) is 21.0. The third-order valence-electron chi connectivity index (χ3n) is 4.31. The van der Waals surface area contributed by atoms with Crippen LogP contribution in [0.1, 0.15) is 24.2 Å². The number of anilines is 1. The SMILES string of the molecule is COc1cccc2sc(N(CCN(C)C)C(=O)c3ccc(OC(C)C)cc3)nc12. The molecule has 1 heterocycles. The van der Waals surface area contributed by atoms with Crippen LogP contribution in [0.3, 0.4) is 0 Å². The molecule has 0 radical (unpaired) electrons. The molecule has 1 amide bonds. The number of nitrogens with zero attached hydrogens (tertiary/aromatic N) is 3. The Kier molecular flexibility index (Phi) is 6.71. The molecule has 3 aromatic rings. The zero-order valence-corrected chi connectivity index (χ0v) is 18.3. The summed E-state index contributed by atoms with van der Waals surface area (Å²) in [7, 11) is 5.60. The Morgan fingerprint density at radius 2 is 1.83 bits per heavy atom. The van der Waals surface area contributed by atoms with Crippen molar-refractivity contribution >= 4 is 32.6 Å². The van der Waals surface area contributed by atoms with E-state index in [2.05, 4.69) is 0 Å². The van der Waals surface area contributed by atoms with Crippen molar-refractivity contribution in [3.8, 4) is 11.5 Å². The van der Waals surface area contributed by atoms with Crippen LogP contribution in [0, 0.1) is 0 Å². The Bertz CT molecular complexity index is 967. The van der Waals surface area contributed by atoms with Gasteiger partial charge in [0.15, 0.2) is 5.13 Å². The van der Waals surface area contributed by atoms with Crippen LogP contribution in [0.5, 0.6) is 11.5 Å². The lowest BCUT2D eigenvalue weighted by Crippen LogP contribution is -2.36. The maximum absolute atomic E-state index is 13.3. The lowest BCUT2D eigenvalue weighted by molar-refractivity contribution is 0.0985. The lowest BCUT2D eigenvalue weighted by Gasteiger charge is -2.22. The fourth-order valence-corrected chi connectivity index (χ4v) is 3.89. The van der Waals surface area contributed by atoms with Gasteiger partial charge in [0.2, 0.25) is 0 Å². The van der Waals surface area contributed by atoms with Gasteiger partial charge < -0.3 is 14.4 Å². The predicted molar refractivity (Wildman–Crippen MR) is 119 cm³/mol. The number of hydrogen-bond acceptors (Lipinski definition) is 6. The van der Waals surface area contributed by atoms with Crippen molar-refractivity contribution in [2.75, 3.05) is 39.2 Å². The fourth-order valence-electron chi connectivity index (χ4n) is 2.88. The number of rotatable bonds is 8. The number of amides is 1. The summed E-state index contributed by atoms with van der Waals surface area (Å²) in [4.78, 5) is 21.8. The summed E-state index contributed by atoms with van der Waals surface area (Å²) in [5, 5.41) is 0.666. The Morgan fingerprint density at radius 1 is 1.10 bits per heavy atom. The van der Waals surface area contributed by atoms with Gasteiger partial charge in [0.05, 0.1) is 17.9 Å². The second-order valence-electron chi connectivity index (χ2n) is 7.25. The van der Waals surface area contributed by atoms with Crippen molar-refractivity contribution in [2.45, 2.75) is 20.0 Å². The van der Waals surface area contributed by atoms with Crippen LogP contribution in [-0.4, -0.2) is 56.2 Å². The summed E-state index contributed by atoms with van der Waals surface area (Å²) in [5.41, 5.74) is 1.38. The van der Waals surface area contributed by atoms with E-state index in [1.54, 1.807) is 24.1 Å². The molecule has 154 valence electrons. The van der Waals surface area contributed by atoms with Gasteiger partial charge in [-0.3, -0.25) is 9.69 Å². The fraction of sp³-hybridized carbons (Fsp3) is 0.364. The molecule has 6 nitrogen and oxygen atoms in total. The minimum atomic E-state index is -0.0824. The Balaban J connectivity index is 1.93. The smallest absolute Gasteiger partial charge is 0.260 e. The van der Waals surface area contributed by atoms with Crippen LogP contribution in [0.4, 0.5) is 5.13 Å². The Labute approximate surface area is 175 Å². The number of carbonyl (C=O) groups is 1. The van der Waals surface area contributed by atoms with Gasteiger partial charge in [-0.1, -0.05) is 17.4 Å². The number of hydrogen-bond donors (Lipinski definition) is 0. The van der Waals surface area contributed by atoms with Crippen LogP contribution in [0.2, 0.25) is 0 Å². The number of methoxy groups -OCH3 is 1. The minimum Gasteiger partial charge on any atom is -0.494 e. The first-order chi connectivity index (χ1) is 13.9. The molecule has 1 aromatic heterocycles. The molecule has 0 spiro atoms. The number of para-hydroxylation sites is 1. The highest BCUT2D eigenvalue weighted by atomic mass is 32.1. The average Bonchev–Trinajstić information content (AvgIpc) is 3.11. The first-order valence-corrected chi connectivity index (χ1v) is 10.4. The predicted octanol–water partition coefficient (Wildman–Crippen LogP) is 4.30. The van der Waals surface area contributed by atoms with Gasteiger partial charge in [-0.05, 0) is 64.3 Å². The minimum absolute atomic E-state index is 0.0824. The van der Waals surface area contributed by atoms with Gasteiger partial charge in [-0.25, -0.2) is 4.98 Å². The normalized spacial score (nSPS) is 11.3. The number of likely N-dealkylation sites (N-methyl/N-ethyl adjacent to an activating group) is 1. The van der Waals surface area contributed by atoms with E-state index in [0.29, 0.717) is 23.0 Å². The van der Waals surface area contributed by atoms with Crippen molar-refractivity contribution in [1.29, 1.82) is 0 Å². The summed E-state index contributed by atoms with van der Waals surface area (Å²) >= 11 is 1.49. The molecule has 0 saturated carbocycles. The molecule has 0 aliphatic rings. The highest BCUT2D eigenvalue weighted by Crippen LogP contribution is 2.34. The maximum Gasteiger partial charge on any atom is 0.260 e. The second kappa shape index (κ2) is 9.24. The van der Waals surface area contributed by atoms with E-state index in [0.717, 1.165) is 22.5 Å². The number of carbonyl (C=O) groups excluding carboxylic acids is 1. The van der Waals surface area contributed by atoms with Crippen molar-refractivity contribution in [2.24, 2.45) is 0 Å². The molecule has 0 saturated heterocycles. The van der Waals surface area contributed by atoms with E-state index < -0.39 is 0 Å². The Hall–Kier alpha value is -2.64. The van der Waals surface area contributed by atoms with E-state index >= 15 is 0 Å². The number of ether oxygens (including phenoxy) is 2. The third kappa shape index (κ3) is 5.05. The summed E-state index contributed by atoms with van der Waals surface area (Å²) < 4.78 is 12.1. The summed E-state index contributed by atoms with van der Waals surface area (Å²) in [6.07, 6.45) is 0.0888. The van der Waals surface area contributed by atoms with Crippen LogP contribution >= 0.6 is 11.3 Å². The monoisotopic (exact) mass is 413 g/mol. The first-order valence-electron chi connectivity index (χ1n) is 9.56. The molecule has 0 fully saturated rings. The first kappa shape index (κ1) is 21.1. The summed E-state index contributed by atoms with van der Waals surface area (Å²) in [6.45, 7) is 5.22. The number of aromatic nitrogens is 1. The van der Waals surface area contributed by atoms with E-state index in [9.17, 15) is 4.79 Å². The number of thiazole rings is 1. The molecule has 0 N–H and O–H groups in total. The van der Waals surface area contributed by atoms with Crippen LogP contribution < -0.4 is 14.4 Å². The average molecular weight is 414 g/mol. The molecule has 29 heavy (non-hydrogen) atoms. The lowest BCUT2D eigenvalue weighted by atomic mass is 10.2. The van der Waals surface area contributed by atoms with Crippen molar-refractivity contribution in [1.82, 2.24) is 9.88 Å². The van der Waals surface area contributed by atoms with Crippen LogP contribution in [0.25, 0.3) is 10.2 Å². The molecule has 3 rings (SSSR count). The molecule has 0 aliphatic heterocycles. The van der Waals surface area contributed by atoms with Gasteiger partial charge in [0, 0.05) is 18.7 Å². The Morgan fingerprint density at radius 3 is 2.45 bits per heavy atom. The quantitative estimate of drug-likeness (QED) is 0.551. The maximum atomic E-state index is 13.3. The molecule has 7 heteroatoms. The van der Waals surface area contributed by atoms with Gasteiger partial charge >= 0.3 is 0 Å². The van der Waals surface area contributed by atoms with E-state index in [-0.39, 0.29) is 12.0 Å². The highest BCUT2D eigenvalue weighted by Gasteiger charge is 2.22. The van der Waals surface area contributed by atoms with Crippen molar-refractivity contribution in [3.63, 3.8) is 0 Å². The topological polar surface area (TPSA) is 54.9 Å². The molecular formula is C22H27N3O3S. The molecular weight excluding hydrogens is 386 g/mol. The molecule has 0 aliphatic carbocycles. The van der Waals surface area contributed by atoms with Crippen molar-refractivity contribution < 1.29 is 14.3 Å². The molecule has 0 atom stereocenters. The second-order valence-corrected chi connectivity index (χ2v) is 8.26. The van der Waals surface area contributed by atoms with Gasteiger partial charge in [0.1, 0.15) is 17.0 Å². The van der Waals surface area contributed by atoms with Gasteiger partial charge in [-0.15, -0.1) is 0 Å². The van der Waals surface area contributed by atoms with Crippen molar-refractivity contribution in [3.05, 3.63) is 48.0 Å². The standard InChI is InChI=1S/C22H27N3O3S/c1-15(2)28-17-11-9-16(10-12-17)21(26)25(14-13-24(3)4)22-23-20-18(27-5)7-6-8-19(20)29-22/h6-12,15H,13-14H2,1-5H3. The summed E-state index contributed by atoms with van der Waals surface area (Å²) in [5.74, 6) is 1.38. The number of benzene rings is 2.